The van der Waals surface area contributed by atoms with Crippen molar-refractivity contribution in [3.63, 3.8) is 0 Å². The van der Waals surface area contributed by atoms with Crippen LogP contribution < -0.4 is 34.7 Å². The Kier molecular flexibility index (Phi) is 5.49. The van der Waals surface area contributed by atoms with E-state index in [0.29, 0.717) is 9.24 Å². The summed E-state index contributed by atoms with van der Waals surface area (Å²) in [5.74, 6) is -2.53. The Hall–Kier alpha value is -0.970. The Morgan fingerprint density at radius 2 is 2.23 bits per heavy atom. The molecule has 10 heteroatoms. The van der Waals surface area contributed by atoms with Crippen LogP contribution in [0.15, 0.2) is 33.4 Å². The van der Waals surface area contributed by atoms with Crippen LogP contribution in [0.2, 0.25) is 0 Å². The maximum absolute atomic E-state index is 12.3. The number of pyridine rings is 1. The number of thiazole rings is 1. The van der Waals surface area contributed by atoms with Crippen molar-refractivity contribution < 1.29 is 49.4 Å². The summed E-state index contributed by atoms with van der Waals surface area (Å²) >= 11 is 2.67. The van der Waals surface area contributed by atoms with Crippen LogP contribution >= 0.6 is 23.1 Å². The second-order valence-corrected chi connectivity index (χ2v) is 8.50. The van der Waals surface area contributed by atoms with Crippen molar-refractivity contribution >= 4 is 45.2 Å². The summed E-state index contributed by atoms with van der Waals surface area (Å²) in [5, 5.41) is 21.5. The number of carboxylic acid groups (broad SMARTS) is 1. The number of β-lactam (4-membered cyclic amide) rings is 1. The number of aliphatic carboxylic acids is 1. The molecule has 26 heavy (non-hydrogen) atoms. The maximum Gasteiger partial charge on any atom is 1.00 e. The molecule has 2 aromatic heterocycles. The smallest absolute Gasteiger partial charge is 0.543 e. The molecular formula is C16H14N3NaO4S2. The first-order valence-corrected chi connectivity index (χ1v) is 9.38. The number of carbonyl (C=O) groups is 2. The molecule has 0 saturated carbocycles. The second kappa shape index (κ2) is 7.21. The van der Waals surface area contributed by atoms with Crippen molar-refractivity contribution in [2.24, 2.45) is 11.8 Å². The number of nitrogens with zero attached hydrogens (tertiary/aromatic N) is 3. The molecule has 0 aliphatic carbocycles. The van der Waals surface area contributed by atoms with Crippen molar-refractivity contribution in [1.82, 2.24) is 14.9 Å². The number of hydrogen-bond donors (Lipinski definition) is 1. The van der Waals surface area contributed by atoms with E-state index >= 15 is 0 Å². The standard InChI is InChI=1S/C16H15N3O4S2.Na/c1-6-11-10(7(2)20)14(21)19(11)12(15(22)23)13(6)25-16-18-8-3-4-17-5-9(8)24-16;/h3-7,10-11,20H,1-2H3,(H,22,23);/q;+1/p-1. The zero-order valence-electron chi connectivity index (χ0n) is 14.4. The summed E-state index contributed by atoms with van der Waals surface area (Å²) in [6.45, 7) is 3.42. The molecule has 2 aliphatic heterocycles. The molecule has 4 unspecified atom stereocenters. The normalized spacial score (nSPS) is 25.7. The molecule has 0 aromatic carbocycles. The number of amides is 1. The Morgan fingerprint density at radius 3 is 2.85 bits per heavy atom. The fourth-order valence-electron chi connectivity index (χ4n) is 3.54. The third kappa shape index (κ3) is 2.90. The summed E-state index contributed by atoms with van der Waals surface area (Å²) in [5.41, 5.74) is 0.701. The largest absolute Gasteiger partial charge is 1.00 e. The SMILES string of the molecule is CC(O)C1C(=O)N2C(C(=O)[O-])=C(Sc3nc4ccncc4s3)C(C)C12.[Na+]. The van der Waals surface area contributed by atoms with Crippen LogP contribution in [0.25, 0.3) is 10.2 Å². The fourth-order valence-corrected chi connectivity index (χ4v) is 5.85. The molecule has 4 rings (SSSR count). The van der Waals surface area contributed by atoms with E-state index in [1.165, 1.54) is 28.0 Å². The van der Waals surface area contributed by atoms with Gasteiger partial charge in [0.15, 0.2) is 4.34 Å². The van der Waals surface area contributed by atoms with Crippen molar-refractivity contribution in [2.75, 3.05) is 0 Å². The van der Waals surface area contributed by atoms with E-state index < -0.39 is 18.0 Å². The van der Waals surface area contributed by atoms with Gasteiger partial charge >= 0.3 is 29.6 Å². The van der Waals surface area contributed by atoms with Crippen LogP contribution in [-0.4, -0.2) is 44.0 Å². The predicted molar refractivity (Wildman–Crippen MR) is 90.3 cm³/mol. The third-order valence-electron chi connectivity index (χ3n) is 4.67. The zero-order chi connectivity index (χ0) is 17.9. The third-order valence-corrected chi connectivity index (χ3v) is 7.02. The van der Waals surface area contributed by atoms with E-state index in [-0.39, 0.29) is 53.1 Å². The van der Waals surface area contributed by atoms with Gasteiger partial charge in [-0.3, -0.25) is 9.78 Å². The number of carbonyl (C=O) groups excluding carboxylic acids is 2. The van der Waals surface area contributed by atoms with Crippen molar-refractivity contribution in [2.45, 2.75) is 30.3 Å². The van der Waals surface area contributed by atoms with Crippen molar-refractivity contribution in [1.29, 1.82) is 0 Å². The molecule has 4 atom stereocenters. The monoisotopic (exact) mass is 399 g/mol. The molecule has 0 spiro atoms. The number of carboxylic acids is 1. The molecular weight excluding hydrogens is 385 g/mol. The number of thioether (sulfide) groups is 1. The average Bonchev–Trinajstić information content (AvgIpc) is 3.05. The summed E-state index contributed by atoms with van der Waals surface area (Å²) in [6.07, 6.45) is 2.54. The number of aromatic nitrogens is 2. The van der Waals surface area contributed by atoms with E-state index in [4.69, 9.17) is 0 Å². The number of rotatable bonds is 4. The summed E-state index contributed by atoms with van der Waals surface area (Å²) in [6, 6.07) is 1.45. The molecule has 0 radical (unpaired) electrons. The van der Waals surface area contributed by atoms with Crippen LogP contribution in [0.5, 0.6) is 0 Å². The Bertz CT molecular complexity index is 896. The van der Waals surface area contributed by atoms with Crippen LogP contribution in [0.3, 0.4) is 0 Å². The van der Waals surface area contributed by atoms with Gasteiger partial charge in [-0.2, -0.15) is 0 Å². The summed E-state index contributed by atoms with van der Waals surface area (Å²) < 4.78 is 1.60. The first-order valence-electron chi connectivity index (χ1n) is 7.75. The molecule has 1 N–H and O–H groups in total. The predicted octanol–water partition coefficient (Wildman–Crippen LogP) is -2.39. The van der Waals surface area contributed by atoms with E-state index in [2.05, 4.69) is 9.97 Å². The molecule has 2 aromatic rings. The molecule has 2 aliphatic rings. The molecule has 1 fully saturated rings. The van der Waals surface area contributed by atoms with Gasteiger partial charge in [-0.15, -0.1) is 11.3 Å². The summed E-state index contributed by atoms with van der Waals surface area (Å²) in [7, 11) is 0. The number of aliphatic hydroxyl groups excluding tert-OH is 1. The van der Waals surface area contributed by atoms with Crippen molar-refractivity contribution in [3.8, 4) is 0 Å². The van der Waals surface area contributed by atoms with Gasteiger partial charge in [-0.1, -0.05) is 18.7 Å². The van der Waals surface area contributed by atoms with E-state index in [0.717, 1.165) is 10.2 Å². The molecule has 0 bridgehead atoms. The van der Waals surface area contributed by atoms with E-state index in [1.807, 2.05) is 6.92 Å². The number of fused-ring (bicyclic) bond motifs is 2. The van der Waals surface area contributed by atoms with E-state index in [9.17, 15) is 19.8 Å². The fraction of sp³-hybridized carbons (Fsp3) is 0.375. The topological polar surface area (TPSA) is 106 Å². The molecule has 7 nitrogen and oxygen atoms in total. The zero-order valence-corrected chi connectivity index (χ0v) is 18.0. The van der Waals surface area contributed by atoms with Crippen LogP contribution in [0, 0.1) is 11.8 Å². The number of aliphatic hydroxyl groups is 1. The van der Waals surface area contributed by atoms with Gasteiger partial charge in [0, 0.05) is 23.2 Å². The minimum Gasteiger partial charge on any atom is -0.543 e. The number of hydrogen-bond acceptors (Lipinski definition) is 8. The summed E-state index contributed by atoms with van der Waals surface area (Å²) in [4.78, 5) is 34.3. The maximum atomic E-state index is 12.3. The average molecular weight is 399 g/mol. The minimum absolute atomic E-state index is 0. The van der Waals surface area contributed by atoms with Crippen LogP contribution in [-0.2, 0) is 9.59 Å². The van der Waals surface area contributed by atoms with Gasteiger partial charge in [0.05, 0.1) is 39.9 Å². The Balaban J connectivity index is 0.00000196. The van der Waals surface area contributed by atoms with Gasteiger partial charge in [-0.25, -0.2) is 4.98 Å². The first kappa shape index (κ1) is 19.8. The van der Waals surface area contributed by atoms with Crippen LogP contribution in [0.4, 0.5) is 0 Å². The molecule has 4 heterocycles. The van der Waals surface area contributed by atoms with Gasteiger partial charge in [-0.05, 0) is 13.0 Å². The molecule has 1 saturated heterocycles. The Labute approximate surface area is 179 Å². The minimum atomic E-state index is -1.38. The Morgan fingerprint density at radius 1 is 1.50 bits per heavy atom. The van der Waals surface area contributed by atoms with Crippen molar-refractivity contribution in [3.05, 3.63) is 29.1 Å². The quantitative estimate of drug-likeness (QED) is 0.452. The first-order chi connectivity index (χ1) is 11.9. The second-order valence-electron chi connectivity index (χ2n) is 6.18. The molecule has 1 amide bonds. The van der Waals surface area contributed by atoms with Gasteiger partial charge in [0.2, 0.25) is 5.91 Å². The van der Waals surface area contributed by atoms with E-state index in [1.54, 1.807) is 25.4 Å². The molecule has 130 valence electrons. The van der Waals surface area contributed by atoms with Gasteiger partial charge in [0.1, 0.15) is 0 Å². The van der Waals surface area contributed by atoms with Gasteiger partial charge < -0.3 is 19.9 Å². The van der Waals surface area contributed by atoms with Gasteiger partial charge in [0.25, 0.3) is 0 Å². The van der Waals surface area contributed by atoms with Crippen LogP contribution in [0.1, 0.15) is 13.8 Å².